The highest BCUT2D eigenvalue weighted by Gasteiger charge is 2.27. The predicted molar refractivity (Wildman–Crippen MR) is 194 cm³/mol. The third-order valence-corrected chi connectivity index (χ3v) is 9.39. The Kier molecular flexibility index (Phi) is 12.0. The van der Waals surface area contributed by atoms with Crippen LogP contribution in [0.15, 0.2) is 77.0 Å². The van der Waals surface area contributed by atoms with Crippen LogP contribution in [-0.4, -0.2) is 41.8 Å². The molecule has 49 heavy (non-hydrogen) atoms. The normalized spacial score (nSPS) is 12.0. The van der Waals surface area contributed by atoms with Gasteiger partial charge in [0.05, 0.1) is 24.5 Å². The number of hydrogen-bond acceptors (Lipinski definition) is 7. The lowest BCUT2D eigenvalue weighted by molar-refractivity contribution is 0.0692. The van der Waals surface area contributed by atoms with Crippen LogP contribution in [0.4, 0.5) is 11.4 Å². The molecule has 0 saturated carbocycles. The number of nitrogens with zero attached hydrogens (tertiary/aromatic N) is 2. The number of aromatic hydroxyl groups is 1. The number of carboxylic acids is 1. The summed E-state index contributed by atoms with van der Waals surface area (Å²) < 4.78 is 11.9. The molecule has 260 valence electrons. The number of ether oxygens (including phenoxy) is 2. The van der Waals surface area contributed by atoms with E-state index in [2.05, 4.69) is 75.3 Å². The molecule has 3 N–H and O–H groups in total. The Hall–Kier alpha value is -4.92. The van der Waals surface area contributed by atoms with E-state index in [-0.39, 0.29) is 45.8 Å². The predicted octanol–water partition coefficient (Wildman–Crippen LogP) is 10.0. The van der Waals surface area contributed by atoms with Crippen molar-refractivity contribution in [1.82, 2.24) is 5.32 Å². The van der Waals surface area contributed by atoms with Crippen molar-refractivity contribution in [1.29, 1.82) is 0 Å². The number of phenolic OH excluding ortho intramolecular Hbond substituents is 1. The number of carboxylic acid groups (broad SMARTS) is 1. The second-order valence-electron chi connectivity index (χ2n) is 13.4. The molecule has 0 heterocycles. The topological polar surface area (TPSA) is 130 Å². The molecular weight excluding hydrogens is 618 g/mol. The monoisotopic (exact) mass is 667 g/mol. The van der Waals surface area contributed by atoms with Gasteiger partial charge in [-0.1, -0.05) is 84.0 Å². The fraction of sp³-hybridized carbons (Fsp3) is 0.400. The fourth-order valence-corrected chi connectivity index (χ4v) is 5.48. The van der Waals surface area contributed by atoms with Crippen molar-refractivity contribution >= 4 is 34.0 Å². The van der Waals surface area contributed by atoms with Gasteiger partial charge in [0, 0.05) is 22.9 Å². The number of rotatable bonds is 16. The van der Waals surface area contributed by atoms with Crippen LogP contribution in [0, 0.1) is 0 Å². The second-order valence-corrected chi connectivity index (χ2v) is 13.4. The Morgan fingerprint density at radius 1 is 0.776 bits per heavy atom. The molecule has 0 spiro atoms. The van der Waals surface area contributed by atoms with Gasteiger partial charge in [-0.15, -0.1) is 10.2 Å². The van der Waals surface area contributed by atoms with Gasteiger partial charge in [-0.05, 0) is 73.3 Å². The summed E-state index contributed by atoms with van der Waals surface area (Å²) in [6.07, 6.45) is 3.45. The van der Waals surface area contributed by atoms with Crippen LogP contribution in [0.5, 0.6) is 17.2 Å². The first-order chi connectivity index (χ1) is 23.3. The highest BCUT2D eigenvalue weighted by Crippen LogP contribution is 2.40. The Labute approximate surface area is 289 Å². The molecule has 0 aliphatic heterocycles. The summed E-state index contributed by atoms with van der Waals surface area (Å²) in [5, 5.41) is 33.3. The third-order valence-electron chi connectivity index (χ3n) is 9.39. The van der Waals surface area contributed by atoms with E-state index in [1.54, 1.807) is 43.3 Å². The smallest absolute Gasteiger partial charge is 0.339 e. The molecule has 0 fully saturated rings. The first-order valence-electron chi connectivity index (χ1n) is 17.1. The fourth-order valence-electron chi connectivity index (χ4n) is 5.48. The number of azo groups is 1. The van der Waals surface area contributed by atoms with E-state index in [1.165, 1.54) is 23.3 Å². The van der Waals surface area contributed by atoms with E-state index in [4.69, 9.17) is 9.47 Å². The van der Waals surface area contributed by atoms with E-state index < -0.39 is 11.9 Å². The van der Waals surface area contributed by atoms with Gasteiger partial charge in [-0.2, -0.15) is 0 Å². The zero-order chi connectivity index (χ0) is 35.8. The average Bonchev–Trinajstić information content (AvgIpc) is 3.09. The summed E-state index contributed by atoms with van der Waals surface area (Å²) in [7, 11) is 0. The lowest BCUT2D eigenvalue weighted by Crippen LogP contribution is -2.25. The van der Waals surface area contributed by atoms with Crippen molar-refractivity contribution in [3.8, 4) is 17.2 Å². The molecule has 0 aliphatic rings. The number of unbranched alkanes of at least 4 members (excludes halogenated alkanes) is 1. The summed E-state index contributed by atoms with van der Waals surface area (Å²) in [4.78, 5) is 25.1. The minimum Gasteiger partial charge on any atom is -0.506 e. The second kappa shape index (κ2) is 16.0. The summed E-state index contributed by atoms with van der Waals surface area (Å²) in [5.41, 5.74) is 3.19. The zero-order valence-corrected chi connectivity index (χ0v) is 29.7. The van der Waals surface area contributed by atoms with Crippen LogP contribution < -0.4 is 14.8 Å². The van der Waals surface area contributed by atoms with Gasteiger partial charge < -0.3 is 25.0 Å². The van der Waals surface area contributed by atoms with Crippen LogP contribution in [0.2, 0.25) is 0 Å². The summed E-state index contributed by atoms with van der Waals surface area (Å²) in [5.74, 6) is -0.730. The zero-order valence-electron chi connectivity index (χ0n) is 29.7. The largest absolute Gasteiger partial charge is 0.506 e. The summed E-state index contributed by atoms with van der Waals surface area (Å²) in [6, 6.07) is 19.7. The lowest BCUT2D eigenvalue weighted by Gasteiger charge is -2.30. The van der Waals surface area contributed by atoms with Gasteiger partial charge in [-0.25, -0.2) is 4.79 Å². The maximum atomic E-state index is 13.3. The SMILES string of the molecule is CCOc1c(N=Nc2cc(C(=O)NCCCCOc3ccc(C(C)(C)CC)cc3C(C)(C)CC)c(O)c3ccccc23)cccc1C(=O)O. The highest BCUT2D eigenvalue weighted by atomic mass is 16.5. The van der Waals surface area contributed by atoms with E-state index >= 15 is 0 Å². The van der Waals surface area contributed by atoms with Crippen LogP contribution in [-0.2, 0) is 10.8 Å². The summed E-state index contributed by atoms with van der Waals surface area (Å²) in [6.45, 7) is 16.3. The third kappa shape index (κ3) is 8.57. The van der Waals surface area contributed by atoms with Crippen molar-refractivity contribution in [2.75, 3.05) is 19.8 Å². The van der Waals surface area contributed by atoms with Gasteiger partial charge in [0.1, 0.15) is 22.7 Å². The van der Waals surface area contributed by atoms with Crippen molar-refractivity contribution in [3.63, 3.8) is 0 Å². The number of amides is 1. The number of nitrogens with one attached hydrogen (secondary N) is 1. The van der Waals surface area contributed by atoms with Gasteiger partial charge >= 0.3 is 5.97 Å². The van der Waals surface area contributed by atoms with Gasteiger partial charge in [0.2, 0.25) is 0 Å². The molecule has 9 heteroatoms. The van der Waals surface area contributed by atoms with Crippen molar-refractivity contribution in [2.45, 2.75) is 85.0 Å². The Morgan fingerprint density at radius 2 is 1.47 bits per heavy atom. The number of phenols is 1. The van der Waals surface area contributed by atoms with E-state index in [0.29, 0.717) is 36.0 Å². The molecular formula is C40H49N3O6. The molecule has 0 unspecified atom stereocenters. The first-order valence-corrected chi connectivity index (χ1v) is 17.1. The molecule has 0 atom stereocenters. The Balaban J connectivity index is 1.46. The quantitative estimate of drug-likeness (QED) is 0.0805. The molecule has 4 rings (SSSR count). The molecule has 0 radical (unpaired) electrons. The number of benzene rings is 4. The van der Waals surface area contributed by atoms with Gasteiger partial charge in [0.15, 0.2) is 5.75 Å². The highest BCUT2D eigenvalue weighted by molar-refractivity contribution is 6.07. The Morgan fingerprint density at radius 3 is 2.14 bits per heavy atom. The molecule has 0 saturated heterocycles. The number of hydrogen-bond donors (Lipinski definition) is 3. The molecule has 0 aliphatic carbocycles. The number of fused-ring (bicyclic) bond motifs is 1. The molecule has 0 bridgehead atoms. The number of carbonyl (C=O) groups is 2. The first kappa shape index (κ1) is 36.9. The maximum Gasteiger partial charge on any atom is 0.339 e. The molecule has 4 aromatic carbocycles. The maximum absolute atomic E-state index is 13.3. The number of carbonyl (C=O) groups excluding carboxylic acids is 1. The number of aromatic carboxylic acids is 1. The van der Waals surface area contributed by atoms with Crippen LogP contribution in [0.1, 0.15) is 106 Å². The standard InChI is InChI=1S/C40H49N3O6/c1-8-39(4,5)26-20-21-34(31(24-26)40(6,7)9-2)49-23-14-13-22-41-37(45)30-25-33(27-16-11-12-17-28(27)35(30)44)43-42-32-19-15-18-29(38(46)47)36(32)48-10-3/h11-12,15-21,24-25,44H,8-10,13-14,22-23H2,1-7H3,(H,41,45)(H,46,47). The van der Waals surface area contributed by atoms with E-state index in [1.807, 2.05) is 0 Å². The van der Waals surface area contributed by atoms with Crippen LogP contribution in [0.25, 0.3) is 10.8 Å². The lowest BCUT2D eigenvalue weighted by atomic mass is 9.76. The van der Waals surface area contributed by atoms with E-state index in [0.717, 1.165) is 25.0 Å². The number of para-hydroxylation sites is 1. The van der Waals surface area contributed by atoms with Gasteiger partial charge in [-0.3, -0.25) is 4.79 Å². The van der Waals surface area contributed by atoms with Crippen molar-refractivity contribution in [2.24, 2.45) is 10.2 Å². The average molecular weight is 668 g/mol. The van der Waals surface area contributed by atoms with Crippen LogP contribution >= 0.6 is 0 Å². The minimum absolute atomic E-state index is 0.0292. The van der Waals surface area contributed by atoms with Gasteiger partial charge in [0.25, 0.3) is 5.91 Å². The molecule has 9 nitrogen and oxygen atoms in total. The Bertz CT molecular complexity index is 1830. The van der Waals surface area contributed by atoms with Crippen molar-refractivity contribution in [3.05, 3.63) is 89.0 Å². The molecule has 1 amide bonds. The minimum atomic E-state index is -1.14. The van der Waals surface area contributed by atoms with Crippen LogP contribution in [0.3, 0.4) is 0 Å². The molecule has 4 aromatic rings. The molecule has 0 aromatic heterocycles. The van der Waals surface area contributed by atoms with E-state index in [9.17, 15) is 19.8 Å². The van der Waals surface area contributed by atoms with Crippen molar-refractivity contribution < 1.29 is 29.3 Å². The summed E-state index contributed by atoms with van der Waals surface area (Å²) >= 11 is 0.